The van der Waals surface area contributed by atoms with E-state index in [1.54, 1.807) is 16.9 Å². The molecule has 172 valence electrons. The van der Waals surface area contributed by atoms with Crippen LogP contribution in [0.5, 0.6) is 5.75 Å². The number of aromatic amines is 1. The Morgan fingerprint density at radius 3 is 2.70 bits per heavy atom. The van der Waals surface area contributed by atoms with Crippen LogP contribution in [0.1, 0.15) is 36.2 Å². The second kappa shape index (κ2) is 8.90. The van der Waals surface area contributed by atoms with Gasteiger partial charge in [-0.05, 0) is 31.0 Å². The van der Waals surface area contributed by atoms with E-state index in [-0.39, 0.29) is 18.4 Å². The number of carbonyl (C=O) groups excluding carboxylic acids is 2. The zero-order valence-corrected chi connectivity index (χ0v) is 19.0. The van der Waals surface area contributed by atoms with Crippen molar-refractivity contribution in [1.82, 2.24) is 14.8 Å². The van der Waals surface area contributed by atoms with Gasteiger partial charge in [0.15, 0.2) is 0 Å². The Labute approximate surface area is 193 Å². The van der Waals surface area contributed by atoms with Crippen molar-refractivity contribution in [2.45, 2.75) is 31.8 Å². The SMILES string of the molecule is CCOc1ccccc1C1c2[nH]c3ccccc3c2C[C@H]2C(=O)N(CCCOC)CC(=O)N12. The fourth-order valence-electron chi connectivity index (χ4n) is 5.23. The van der Waals surface area contributed by atoms with Crippen LogP contribution in [0.4, 0.5) is 0 Å². The monoisotopic (exact) mass is 447 g/mol. The minimum atomic E-state index is -0.541. The maximum absolute atomic E-state index is 13.6. The van der Waals surface area contributed by atoms with Gasteiger partial charge in [-0.15, -0.1) is 0 Å². The summed E-state index contributed by atoms with van der Waals surface area (Å²) in [7, 11) is 1.64. The number of benzene rings is 2. The second-order valence-corrected chi connectivity index (χ2v) is 8.56. The molecule has 3 aromatic rings. The normalized spacial score (nSPS) is 20.2. The highest BCUT2D eigenvalue weighted by molar-refractivity contribution is 5.97. The molecule has 1 unspecified atom stereocenters. The minimum absolute atomic E-state index is 0.000486. The molecule has 0 aliphatic carbocycles. The molecule has 0 radical (unpaired) electrons. The van der Waals surface area contributed by atoms with Gasteiger partial charge in [0.2, 0.25) is 11.8 Å². The van der Waals surface area contributed by atoms with Gasteiger partial charge in [0.1, 0.15) is 17.8 Å². The summed E-state index contributed by atoms with van der Waals surface area (Å²) in [5, 5.41) is 1.10. The topological polar surface area (TPSA) is 74.9 Å². The fourth-order valence-corrected chi connectivity index (χ4v) is 5.23. The number of H-pyrrole nitrogens is 1. The molecule has 0 saturated carbocycles. The molecule has 1 saturated heterocycles. The zero-order valence-electron chi connectivity index (χ0n) is 19.0. The number of amides is 2. The largest absolute Gasteiger partial charge is 0.494 e. The van der Waals surface area contributed by atoms with E-state index in [9.17, 15) is 9.59 Å². The van der Waals surface area contributed by atoms with Gasteiger partial charge in [0, 0.05) is 48.8 Å². The predicted molar refractivity (Wildman–Crippen MR) is 125 cm³/mol. The van der Waals surface area contributed by atoms with Gasteiger partial charge in [0.25, 0.3) is 0 Å². The third kappa shape index (κ3) is 3.66. The lowest BCUT2D eigenvalue weighted by molar-refractivity contribution is -0.158. The molecule has 33 heavy (non-hydrogen) atoms. The Hall–Kier alpha value is -3.32. The Bertz CT molecular complexity index is 1190. The molecule has 2 aromatic carbocycles. The second-order valence-electron chi connectivity index (χ2n) is 8.56. The van der Waals surface area contributed by atoms with Crippen molar-refractivity contribution in [3.8, 4) is 5.75 Å². The summed E-state index contributed by atoms with van der Waals surface area (Å²) in [6.07, 6.45) is 1.20. The molecule has 0 spiro atoms. The zero-order chi connectivity index (χ0) is 22.9. The number of ether oxygens (including phenoxy) is 2. The molecule has 1 fully saturated rings. The van der Waals surface area contributed by atoms with E-state index < -0.39 is 12.1 Å². The molecule has 3 heterocycles. The number of hydrogen-bond acceptors (Lipinski definition) is 4. The van der Waals surface area contributed by atoms with E-state index in [0.717, 1.165) is 33.5 Å². The van der Waals surface area contributed by atoms with Crippen LogP contribution >= 0.6 is 0 Å². The standard InChI is InChI=1S/C26H29N3O4/c1-3-33-22-12-7-5-10-18(22)25-24-19(17-9-4-6-11-20(17)27-24)15-21-26(31)28(13-8-14-32-2)16-23(30)29(21)25/h4-7,9-12,21,25,27H,3,8,13-16H2,1-2H3/t21-,25?/m0/s1. The molecule has 0 bridgehead atoms. The van der Waals surface area contributed by atoms with E-state index >= 15 is 0 Å². The average molecular weight is 448 g/mol. The van der Waals surface area contributed by atoms with Crippen molar-refractivity contribution in [1.29, 1.82) is 0 Å². The summed E-state index contributed by atoms with van der Waals surface area (Å²) in [4.78, 5) is 34.2. The Kier molecular flexibility index (Phi) is 5.81. The first-order valence-electron chi connectivity index (χ1n) is 11.5. The molecule has 2 atom stereocenters. The number of rotatable bonds is 7. The molecular weight excluding hydrogens is 418 g/mol. The Balaban J connectivity index is 1.64. The number of carbonyl (C=O) groups is 2. The van der Waals surface area contributed by atoms with Crippen molar-refractivity contribution < 1.29 is 19.1 Å². The van der Waals surface area contributed by atoms with Crippen LogP contribution in [0, 0.1) is 0 Å². The fraction of sp³-hybridized carbons (Fsp3) is 0.385. The van der Waals surface area contributed by atoms with Crippen molar-refractivity contribution in [2.24, 2.45) is 0 Å². The molecule has 2 aliphatic heterocycles. The number of aromatic nitrogens is 1. The summed E-state index contributed by atoms with van der Waals surface area (Å²) < 4.78 is 11.1. The number of nitrogens with zero attached hydrogens (tertiary/aromatic N) is 2. The van der Waals surface area contributed by atoms with Crippen molar-refractivity contribution in [3.63, 3.8) is 0 Å². The third-order valence-corrected chi connectivity index (χ3v) is 6.63. The average Bonchev–Trinajstić information content (AvgIpc) is 3.20. The lowest BCUT2D eigenvalue weighted by Crippen LogP contribution is -2.63. The van der Waals surface area contributed by atoms with Crippen molar-refractivity contribution in [2.75, 3.05) is 33.4 Å². The van der Waals surface area contributed by atoms with Gasteiger partial charge in [-0.2, -0.15) is 0 Å². The molecule has 2 aliphatic rings. The van der Waals surface area contributed by atoms with Crippen LogP contribution in [-0.2, 0) is 20.7 Å². The van der Waals surface area contributed by atoms with Gasteiger partial charge in [0.05, 0.1) is 13.2 Å². The predicted octanol–water partition coefficient (Wildman–Crippen LogP) is 3.29. The van der Waals surface area contributed by atoms with E-state index in [1.165, 1.54) is 0 Å². The highest BCUT2D eigenvalue weighted by Crippen LogP contribution is 2.44. The number of para-hydroxylation sites is 2. The molecule has 2 amide bonds. The summed E-state index contributed by atoms with van der Waals surface area (Å²) in [5.41, 5.74) is 3.97. The van der Waals surface area contributed by atoms with Crippen molar-refractivity contribution >= 4 is 22.7 Å². The molecule has 1 N–H and O–H groups in total. The number of methoxy groups -OCH3 is 1. The smallest absolute Gasteiger partial charge is 0.246 e. The maximum atomic E-state index is 13.6. The molecule has 5 rings (SSSR count). The van der Waals surface area contributed by atoms with E-state index in [0.29, 0.717) is 32.6 Å². The van der Waals surface area contributed by atoms with Crippen LogP contribution in [0.2, 0.25) is 0 Å². The van der Waals surface area contributed by atoms with Gasteiger partial charge < -0.3 is 24.3 Å². The Morgan fingerprint density at radius 1 is 1.09 bits per heavy atom. The summed E-state index contributed by atoms with van der Waals surface area (Å²) in [5.74, 6) is 0.691. The summed E-state index contributed by atoms with van der Waals surface area (Å²) in [6.45, 7) is 3.63. The van der Waals surface area contributed by atoms with E-state index in [1.807, 2.05) is 49.4 Å². The minimum Gasteiger partial charge on any atom is -0.494 e. The van der Waals surface area contributed by atoms with Crippen LogP contribution in [-0.4, -0.2) is 66.1 Å². The van der Waals surface area contributed by atoms with Crippen molar-refractivity contribution in [3.05, 3.63) is 65.4 Å². The first kappa shape index (κ1) is 21.5. The molecule has 7 heteroatoms. The molecular formula is C26H29N3O4. The quantitative estimate of drug-likeness (QED) is 0.564. The first-order chi connectivity index (χ1) is 16.1. The highest BCUT2D eigenvalue weighted by Gasteiger charge is 2.48. The van der Waals surface area contributed by atoms with Gasteiger partial charge in [-0.25, -0.2) is 0 Å². The molecule has 7 nitrogen and oxygen atoms in total. The number of piperazine rings is 1. The van der Waals surface area contributed by atoms with Gasteiger partial charge in [-0.3, -0.25) is 9.59 Å². The lowest BCUT2D eigenvalue weighted by atomic mass is 9.86. The number of fused-ring (bicyclic) bond motifs is 4. The maximum Gasteiger partial charge on any atom is 0.246 e. The number of hydrogen-bond donors (Lipinski definition) is 1. The van der Waals surface area contributed by atoms with Crippen LogP contribution in [0.25, 0.3) is 10.9 Å². The number of nitrogens with one attached hydrogen (secondary N) is 1. The summed E-state index contributed by atoms with van der Waals surface area (Å²) >= 11 is 0. The van der Waals surface area contributed by atoms with Crippen LogP contribution < -0.4 is 4.74 Å². The van der Waals surface area contributed by atoms with E-state index in [2.05, 4.69) is 11.1 Å². The summed E-state index contributed by atoms with van der Waals surface area (Å²) in [6, 6.07) is 15.0. The van der Waals surface area contributed by atoms with E-state index in [4.69, 9.17) is 9.47 Å². The Morgan fingerprint density at radius 2 is 1.88 bits per heavy atom. The first-order valence-corrected chi connectivity index (χ1v) is 11.5. The molecule has 1 aromatic heterocycles. The van der Waals surface area contributed by atoms with Crippen LogP contribution in [0.3, 0.4) is 0 Å². The van der Waals surface area contributed by atoms with Crippen LogP contribution in [0.15, 0.2) is 48.5 Å². The van der Waals surface area contributed by atoms with Gasteiger partial charge in [-0.1, -0.05) is 36.4 Å². The lowest BCUT2D eigenvalue weighted by Gasteiger charge is -2.47. The van der Waals surface area contributed by atoms with Gasteiger partial charge >= 0.3 is 0 Å². The third-order valence-electron chi connectivity index (χ3n) is 6.63. The highest BCUT2D eigenvalue weighted by atomic mass is 16.5.